The zero-order valence-electron chi connectivity index (χ0n) is 12.4. The molecule has 0 bridgehead atoms. The van der Waals surface area contributed by atoms with Crippen molar-refractivity contribution in [1.82, 2.24) is 20.1 Å². The van der Waals surface area contributed by atoms with Gasteiger partial charge in [0.25, 0.3) is 5.89 Å². The number of nitrogens with zero attached hydrogens (tertiary/aromatic N) is 4. The van der Waals surface area contributed by atoms with Crippen molar-refractivity contribution >= 4 is 11.0 Å². The van der Waals surface area contributed by atoms with Crippen LogP contribution in [0.2, 0.25) is 0 Å². The maximum Gasteiger partial charge on any atom is 0.264 e. The molecule has 0 atom stereocenters. The lowest BCUT2D eigenvalue weighted by atomic mass is 10.2. The van der Waals surface area contributed by atoms with Crippen LogP contribution in [-0.4, -0.2) is 20.1 Å². The normalized spacial score (nSPS) is 10.6. The van der Waals surface area contributed by atoms with Crippen molar-refractivity contribution in [1.29, 1.82) is 5.26 Å². The molecule has 1 N–H and O–H groups in total. The number of benzene rings is 2. The average molecular weight is 317 g/mol. The van der Waals surface area contributed by atoms with Crippen LogP contribution >= 0.6 is 0 Å². The topological polar surface area (TPSA) is 101 Å². The van der Waals surface area contributed by atoms with Gasteiger partial charge in [-0.2, -0.15) is 10.2 Å². The summed E-state index contributed by atoms with van der Waals surface area (Å²) in [5.74, 6) is 1.50. The van der Waals surface area contributed by atoms with Gasteiger partial charge in [0.1, 0.15) is 5.75 Å². The molecule has 116 valence electrons. The Bertz CT molecular complexity index is 1030. The number of rotatable bonds is 4. The Labute approximate surface area is 136 Å². The summed E-state index contributed by atoms with van der Waals surface area (Å²) in [7, 11) is 0. The predicted octanol–water partition coefficient (Wildman–Crippen LogP) is 3.06. The summed E-state index contributed by atoms with van der Waals surface area (Å²) in [6.45, 7) is 0.158. The average Bonchev–Trinajstić information content (AvgIpc) is 3.29. The molecule has 7 nitrogen and oxygen atoms in total. The van der Waals surface area contributed by atoms with E-state index in [2.05, 4.69) is 26.2 Å². The minimum absolute atomic E-state index is 0.158. The highest BCUT2D eigenvalue weighted by atomic mass is 16.5. The van der Waals surface area contributed by atoms with Crippen LogP contribution in [0.15, 0.2) is 53.3 Å². The lowest BCUT2D eigenvalue weighted by Gasteiger charge is -2.02. The van der Waals surface area contributed by atoms with Crippen LogP contribution in [0.3, 0.4) is 0 Å². The number of fused-ring (bicyclic) bond motifs is 1. The fourth-order valence-corrected chi connectivity index (χ4v) is 2.28. The van der Waals surface area contributed by atoms with Gasteiger partial charge in [-0.1, -0.05) is 5.16 Å². The number of aromatic nitrogens is 4. The molecule has 0 aliphatic rings. The molecule has 0 fully saturated rings. The van der Waals surface area contributed by atoms with Crippen molar-refractivity contribution in [3.8, 4) is 23.2 Å². The van der Waals surface area contributed by atoms with Crippen molar-refractivity contribution in [2.45, 2.75) is 6.61 Å². The van der Waals surface area contributed by atoms with Crippen molar-refractivity contribution < 1.29 is 9.26 Å². The van der Waals surface area contributed by atoms with Crippen molar-refractivity contribution in [3.05, 3.63) is 60.2 Å². The number of H-pyrrole nitrogens is 1. The number of ether oxygens (including phenoxy) is 1. The van der Waals surface area contributed by atoms with Crippen LogP contribution in [0.5, 0.6) is 5.75 Å². The Balaban J connectivity index is 1.48. The standard InChI is InChI=1S/C17H11N5O2/c18-8-11-1-4-13(5-2-11)23-9-16-21-17(22-24-16)12-3-6-14-15(7-12)20-10-19-14/h1-7,10H,9H2,(H,19,20). The second-order valence-corrected chi connectivity index (χ2v) is 5.07. The lowest BCUT2D eigenvalue weighted by molar-refractivity contribution is 0.243. The first kappa shape index (κ1) is 14.0. The molecule has 24 heavy (non-hydrogen) atoms. The van der Waals surface area contributed by atoms with Crippen molar-refractivity contribution in [3.63, 3.8) is 0 Å². The zero-order valence-corrected chi connectivity index (χ0v) is 12.4. The van der Waals surface area contributed by atoms with E-state index in [0.717, 1.165) is 16.6 Å². The van der Waals surface area contributed by atoms with Gasteiger partial charge in [0, 0.05) is 5.56 Å². The van der Waals surface area contributed by atoms with Gasteiger partial charge >= 0.3 is 0 Å². The summed E-state index contributed by atoms with van der Waals surface area (Å²) in [6, 6.07) is 14.6. The molecule has 0 radical (unpaired) electrons. The predicted molar refractivity (Wildman–Crippen MR) is 84.9 cm³/mol. The molecule has 0 aliphatic heterocycles. The Morgan fingerprint density at radius 1 is 1.17 bits per heavy atom. The first-order valence-corrected chi connectivity index (χ1v) is 7.21. The molecule has 0 saturated heterocycles. The van der Waals surface area contributed by atoms with Gasteiger partial charge in [-0.3, -0.25) is 0 Å². The quantitative estimate of drug-likeness (QED) is 0.621. The molecule has 7 heteroatoms. The third kappa shape index (κ3) is 2.68. The first-order valence-electron chi connectivity index (χ1n) is 7.21. The van der Waals surface area contributed by atoms with Gasteiger partial charge in [0.15, 0.2) is 6.61 Å². The number of nitrogens with one attached hydrogen (secondary N) is 1. The Hall–Kier alpha value is -3.66. The van der Waals surface area contributed by atoms with Gasteiger partial charge in [-0.25, -0.2) is 4.98 Å². The minimum Gasteiger partial charge on any atom is -0.484 e. The van der Waals surface area contributed by atoms with E-state index in [1.165, 1.54) is 0 Å². The van der Waals surface area contributed by atoms with Crippen LogP contribution in [0.25, 0.3) is 22.4 Å². The molecule has 2 aromatic carbocycles. The molecular formula is C17H11N5O2. The molecule has 0 saturated carbocycles. The van der Waals surface area contributed by atoms with Gasteiger partial charge in [-0.15, -0.1) is 0 Å². The van der Waals surface area contributed by atoms with Gasteiger partial charge < -0.3 is 14.2 Å². The third-order valence-electron chi connectivity index (χ3n) is 3.49. The summed E-state index contributed by atoms with van der Waals surface area (Å²) in [6.07, 6.45) is 1.64. The largest absolute Gasteiger partial charge is 0.484 e. The molecule has 2 aromatic heterocycles. The number of hydrogen-bond donors (Lipinski definition) is 1. The summed E-state index contributed by atoms with van der Waals surface area (Å²) in [5, 5.41) is 12.7. The van der Waals surface area contributed by atoms with Gasteiger partial charge in [-0.05, 0) is 42.5 Å². The van der Waals surface area contributed by atoms with Crippen LogP contribution in [0, 0.1) is 11.3 Å². The van der Waals surface area contributed by atoms with E-state index in [1.54, 1.807) is 30.6 Å². The molecule has 0 spiro atoms. The highest BCUT2D eigenvalue weighted by molar-refractivity contribution is 5.79. The third-order valence-corrected chi connectivity index (χ3v) is 3.49. The van der Waals surface area contributed by atoms with Crippen LogP contribution < -0.4 is 4.74 Å². The second-order valence-electron chi connectivity index (χ2n) is 5.07. The number of imidazole rings is 1. The van der Waals surface area contributed by atoms with Crippen LogP contribution in [0.1, 0.15) is 11.5 Å². The summed E-state index contributed by atoms with van der Waals surface area (Å²) in [4.78, 5) is 11.6. The minimum atomic E-state index is 0.158. The van der Waals surface area contributed by atoms with E-state index < -0.39 is 0 Å². The molecule has 4 rings (SSSR count). The molecule has 4 aromatic rings. The molecular weight excluding hydrogens is 306 g/mol. The molecule has 0 aliphatic carbocycles. The molecule has 0 unspecified atom stereocenters. The van der Waals surface area contributed by atoms with Crippen molar-refractivity contribution in [2.24, 2.45) is 0 Å². The highest BCUT2D eigenvalue weighted by Crippen LogP contribution is 2.21. The summed E-state index contributed by atoms with van der Waals surface area (Å²) in [5.41, 5.74) is 3.20. The monoisotopic (exact) mass is 317 g/mol. The van der Waals surface area contributed by atoms with Crippen LogP contribution in [0.4, 0.5) is 0 Å². The van der Waals surface area contributed by atoms with Gasteiger partial charge in [0.05, 0.1) is 29.0 Å². The second kappa shape index (κ2) is 5.85. The van der Waals surface area contributed by atoms with E-state index in [9.17, 15) is 0 Å². The van der Waals surface area contributed by atoms with E-state index in [1.807, 2.05) is 18.2 Å². The Morgan fingerprint density at radius 3 is 2.88 bits per heavy atom. The van der Waals surface area contributed by atoms with E-state index in [-0.39, 0.29) is 6.61 Å². The zero-order chi connectivity index (χ0) is 16.4. The SMILES string of the molecule is N#Cc1ccc(OCc2nc(-c3ccc4nc[nH]c4c3)no2)cc1. The number of hydrogen-bond acceptors (Lipinski definition) is 6. The van der Waals surface area contributed by atoms with E-state index in [4.69, 9.17) is 14.5 Å². The van der Waals surface area contributed by atoms with E-state index >= 15 is 0 Å². The van der Waals surface area contributed by atoms with Crippen molar-refractivity contribution in [2.75, 3.05) is 0 Å². The maximum absolute atomic E-state index is 8.77. The van der Waals surface area contributed by atoms with Crippen LogP contribution in [-0.2, 0) is 6.61 Å². The molecule has 0 amide bonds. The Kier molecular flexibility index (Phi) is 3.41. The number of aromatic amines is 1. The van der Waals surface area contributed by atoms with E-state index in [0.29, 0.717) is 23.0 Å². The number of nitriles is 1. The highest BCUT2D eigenvalue weighted by Gasteiger charge is 2.10. The Morgan fingerprint density at radius 2 is 2.04 bits per heavy atom. The summed E-state index contributed by atoms with van der Waals surface area (Å²) < 4.78 is 10.8. The summed E-state index contributed by atoms with van der Waals surface area (Å²) >= 11 is 0. The molecule has 2 heterocycles. The fourth-order valence-electron chi connectivity index (χ4n) is 2.28. The first-order chi connectivity index (χ1) is 11.8. The maximum atomic E-state index is 8.77. The van der Waals surface area contributed by atoms with Gasteiger partial charge in [0.2, 0.25) is 5.82 Å². The smallest absolute Gasteiger partial charge is 0.264 e. The lowest BCUT2D eigenvalue weighted by Crippen LogP contribution is -1.95. The fraction of sp³-hybridized carbons (Fsp3) is 0.0588.